The summed E-state index contributed by atoms with van der Waals surface area (Å²) in [5.41, 5.74) is -3.21. The van der Waals surface area contributed by atoms with Crippen LogP contribution in [0.25, 0.3) is 5.57 Å². The Morgan fingerprint density at radius 2 is 1.89 bits per heavy atom. The fraction of sp³-hybridized carbons (Fsp3) is 0.462. The SMILES string of the molecule is OC(Cn1cnnn1)(c1ccc(F)cc1F)C(F)(F)C12CC(CN3CC=C(c4ccccn4)CC3)(C1)C2. The van der Waals surface area contributed by atoms with Gasteiger partial charge in [-0.25, -0.2) is 22.2 Å². The molecular weight excluding hydrogens is 488 g/mol. The topological polar surface area (TPSA) is 80.0 Å². The lowest BCUT2D eigenvalue weighted by molar-refractivity contribution is -0.371. The maximum atomic E-state index is 16.3. The van der Waals surface area contributed by atoms with Crippen LogP contribution in [0.1, 0.15) is 36.9 Å². The van der Waals surface area contributed by atoms with Crippen LogP contribution in [0.3, 0.4) is 0 Å². The molecule has 2 bridgehead atoms. The fourth-order valence-corrected chi connectivity index (χ4v) is 6.72. The third kappa shape index (κ3) is 3.78. The molecule has 4 aliphatic rings. The van der Waals surface area contributed by atoms with Gasteiger partial charge in [0.15, 0.2) is 5.60 Å². The van der Waals surface area contributed by atoms with Gasteiger partial charge in [0.1, 0.15) is 18.0 Å². The van der Waals surface area contributed by atoms with Gasteiger partial charge in [0.2, 0.25) is 0 Å². The summed E-state index contributed by atoms with van der Waals surface area (Å²) in [5.74, 6) is -5.86. The summed E-state index contributed by atoms with van der Waals surface area (Å²) in [6.45, 7) is 1.46. The first-order valence-electron chi connectivity index (χ1n) is 12.2. The number of tetrazole rings is 1. The highest BCUT2D eigenvalue weighted by molar-refractivity contribution is 5.63. The Balaban J connectivity index is 1.19. The van der Waals surface area contributed by atoms with Crippen LogP contribution in [0.4, 0.5) is 17.6 Å². The van der Waals surface area contributed by atoms with Crippen molar-refractivity contribution in [1.82, 2.24) is 30.1 Å². The fourth-order valence-electron chi connectivity index (χ4n) is 6.72. The Labute approximate surface area is 210 Å². The molecule has 1 aromatic carbocycles. The molecule has 3 fully saturated rings. The quantitative estimate of drug-likeness (QED) is 0.461. The van der Waals surface area contributed by atoms with Crippen LogP contribution in [-0.4, -0.2) is 60.8 Å². The van der Waals surface area contributed by atoms with E-state index in [1.165, 1.54) is 5.57 Å². The Morgan fingerprint density at radius 1 is 1.08 bits per heavy atom. The van der Waals surface area contributed by atoms with Gasteiger partial charge < -0.3 is 5.11 Å². The van der Waals surface area contributed by atoms with Crippen LogP contribution < -0.4 is 0 Å². The molecular formula is C26H26F4N6O. The number of pyridine rings is 1. The van der Waals surface area contributed by atoms with Crippen molar-refractivity contribution in [3.63, 3.8) is 0 Å². The van der Waals surface area contributed by atoms with Crippen molar-refractivity contribution in [2.75, 3.05) is 19.6 Å². The minimum absolute atomic E-state index is 0.223. The zero-order valence-electron chi connectivity index (χ0n) is 20.0. The average Bonchev–Trinajstić information content (AvgIpc) is 3.34. The molecule has 3 heterocycles. The highest BCUT2D eigenvalue weighted by Crippen LogP contribution is 2.80. The molecule has 2 aromatic heterocycles. The number of nitrogens with zero attached hydrogens (tertiary/aromatic N) is 6. The lowest BCUT2D eigenvalue weighted by Crippen LogP contribution is -2.76. The predicted molar refractivity (Wildman–Crippen MR) is 125 cm³/mol. The zero-order valence-corrected chi connectivity index (χ0v) is 20.0. The molecule has 3 aliphatic carbocycles. The normalized spacial score (nSPS) is 27.1. The molecule has 7 nitrogen and oxygen atoms in total. The van der Waals surface area contributed by atoms with Gasteiger partial charge in [-0.1, -0.05) is 12.1 Å². The van der Waals surface area contributed by atoms with Crippen LogP contribution in [0, 0.1) is 22.5 Å². The largest absolute Gasteiger partial charge is 0.377 e. The van der Waals surface area contributed by atoms with Crippen LogP contribution >= 0.6 is 0 Å². The van der Waals surface area contributed by atoms with E-state index >= 15 is 8.78 Å². The van der Waals surface area contributed by atoms with Crippen molar-refractivity contribution in [3.8, 4) is 0 Å². The van der Waals surface area contributed by atoms with Crippen LogP contribution in [-0.2, 0) is 12.1 Å². The lowest BCUT2D eigenvalue weighted by atomic mass is 9.32. The summed E-state index contributed by atoms with van der Waals surface area (Å²) >= 11 is 0. The standard InChI is InChI=1S/C26H26F4N6O/c27-19-4-5-20(21(28)11-19)25(37,16-36-17-32-33-34-36)26(29,30)24-12-23(13-24,14-24)15-35-9-6-18(7-10-35)22-3-1-2-8-31-22/h1-6,8,11,17,37H,7,9-10,12-16H2. The van der Waals surface area contributed by atoms with Gasteiger partial charge in [-0.05, 0) is 71.4 Å². The molecule has 0 radical (unpaired) electrons. The number of hydrogen-bond donors (Lipinski definition) is 1. The number of benzene rings is 1. The second kappa shape index (κ2) is 8.42. The van der Waals surface area contributed by atoms with E-state index in [1.807, 2.05) is 18.2 Å². The van der Waals surface area contributed by atoms with Crippen LogP contribution in [0.5, 0.6) is 0 Å². The average molecular weight is 515 g/mol. The highest BCUT2D eigenvalue weighted by atomic mass is 19.3. The van der Waals surface area contributed by atoms with Gasteiger partial charge in [0, 0.05) is 42.9 Å². The van der Waals surface area contributed by atoms with Gasteiger partial charge in [-0.15, -0.1) is 5.10 Å². The van der Waals surface area contributed by atoms with Gasteiger partial charge in [-0.2, -0.15) is 0 Å². The molecule has 3 aromatic rings. The monoisotopic (exact) mass is 514 g/mol. The van der Waals surface area contributed by atoms with Gasteiger partial charge >= 0.3 is 0 Å². The third-order valence-corrected chi connectivity index (χ3v) is 8.33. The number of rotatable bonds is 8. The van der Waals surface area contributed by atoms with E-state index in [1.54, 1.807) is 6.20 Å². The molecule has 7 rings (SSSR count). The predicted octanol–water partition coefficient (Wildman–Crippen LogP) is 3.83. The number of aromatic nitrogens is 5. The summed E-state index contributed by atoms with van der Waals surface area (Å²) in [5, 5.41) is 21.9. The molecule has 1 unspecified atom stereocenters. The van der Waals surface area contributed by atoms with E-state index in [2.05, 4.69) is 31.5 Å². The highest BCUT2D eigenvalue weighted by Gasteiger charge is 2.81. The number of aliphatic hydroxyl groups is 1. The van der Waals surface area contributed by atoms with Crippen molar-refractivity contribution in [2.24, 2.45) is 10.8 Å². The molecule has 1 N–H and O–H groups in total. The molecule has 0 amide bonds. The Morgan fingerprint density at radius 3 is 2.51 bits per heavy atom. The molecule has 11 heteroatoms. The van der Waals surface area contributed by atoms with Gasteiger partial charge in [0.25, 0.3) is 5.92 Å². The second-order valence-corrected chi connectivity index (χ2v) is 10.8. The Kier molecular flexibility index (Phi) is 5.50. The summed E-state index contributed by atoms with van der Waals surface area (Å²) in [6.07, 6.45) is 6.49. The molecule has 194 valence electrons. The molecule has 3 saturated carbocycles. The van der Waals surface area contributed by atoms with Crippen molar-refractivity contribution in [3.05, 3.63) is 77.9 Å². The maximum Gasteiger partial charge on any atom is 0.287 e. The van der Waals surface area contributed by atoms with Crippen LogP contribution in [0.15, 0.2) is 55.0 Å². The number of halogens is 4. The van der Waals surface area contributed by atoms with Crippen molar-refractivity contribution in [1.29, 1.82) is 0 Å². The summed E-state index contributed by atoms with van der Waals surface area (Å²) in [7, 11) is 0. The molecule has 1 atom stereocenters. The van der Waals surface area contributed by atoms with Crippen LogP contribution in [0.2, 0.25) is 0 Å². The smallest absolute Gasteiger partial charge is 0.287 e. The third-order valence-electron chi connectivity index (χ3n) is 8.33. The molecule has 0 spiro atoms. The van der Waals surface area contributed by atoms with Crippen molar-refractivity contribution < 1.29 is 22.7 Å². The second-order valence-electron chi connectivity index (χ2n) is 10.8. The number of hydrogen-bond acceptors (Lipinski definition) is 6. The lowest BCUT2D eigenvalue weighted by Gasteiger charge is -2.74. The van der Waals surface area contributed by atoms with E-state index in [-0.39, 0.29) is 24.7 Å². The van der Waals surface area contributed by atoms with Crippen molar-refractivity contribution in [2.45, 2.75) is 43.8 Å². The summed E-state index contributed by atoms with van der Waals surface area (Å²) in [6, 6.07) is 8.06. The maximum absolute atomic E-state index is 16.3. The molecule has 0 saturated heterocycles. The summed E-state index contributed by atoms with van der Waals surface area (Å²) < 4.78 is 61.8. The van der Waals surface area contributed by atoms with Gasteiger partial charge in [0.05, 0.1) is 12.2 Å². The van der Waals surface area contributed by atoms with E-state index < -0.39 is 40.7 Å². The van der Waals surface area contributed by atoms with E-state index in [9.17, 15) is 13.9 Å². The minimum Gasteiger partial charge on any atom is -0.377 e. The first kappa shape index (κ1) is 24.2. The Bertz CT molecular complexity index is 1310. The molecule has 1 aliphatic heterocycles. The minimum atomic E-state index is -3.71. The zero-order chi connectivity index (χ0) is 25.9. The number of alkyl halides is 2. The van der Waals surface area contributed by atoms with E-state index in [0.29, 0.717) is 12.6 Å². The first-order valence-corrected chi connectivity index (χ1v) is 12.2. The van der Waals surface area contributed by atoms with E-state index in [0.717, 1.165) is 48.3 Å². The Hall–Kier alpha value is -3.18. The summed E-state index contributed by atoms with van der Waals surface area (Å²) in [4.78, 5) is 6.67. The van der Waals surface area contributed by atoms with E-state index in [4.69, 9.17) is 0 Å². The molecule has 37 heavy (non-hydrogen) atoms. The van der Waals surface area contributed by atoms with Crippen molar-refractivity contribution >= 4 is 5.57 Å². The van der Waals surface area contributed by atoms with Gasteiger partial charge in [-0.3, -0.25) is 9.88 Å². The first-order chi connectivity index (χ1) is 17.7.